The number of nitrogens with one attached hydrogen (secondary N) is 1. The van der Waals surface area contributed by atoms with Gasteiger partial charge in [-0.2, -0.15) is 0 Å². The summed E-state index contributed by atoms with van der Waals surface area (Å²) in [6.07, 6.45) is 0. The monoisotopic (exact) mass is 248 g/mol. The van der Waals surface area contributed by atoms with Crippen molar-refractivity contribution in [2.45, 2.75) is 53.2 Å². The van der Waals surface area contributed by atoms with Crippen LogP contribution in [0.5, 0.6) is 0 Å². The average molecular weight is 248 g/mol. The molecule has 0 radical (unpaired) electrons. The van der Waals surface area contributed by atoms with Gasteiger partial charge in [0.05, 0.1) is 0 Å². The van der Waals surface area contributed by atoms with Crippen molar-refractivity contribution in [3.05, 3.63) is 35.4 Å². The fraction of sp³-hybridized carbons (Fsp3) is 0.625. The second-order valence-corrected chi connectivity index (χ2v) is 5.07. The highest BCUT2D eigenvalue weighted by Crippen LogP contribution is 2.12. The molecule has 18 heavy (non-hydrogen) atoms. The number of benzene rings is 1. The van der Waals surface area contributed by atoms with Crippen molar-refractivity contribution in [2.75, 3.05) is 13.1 Å². The van der Waals surface area contributed by atoms with Crippen LogP contribution < -0.4 is 5.32 Å². The van der Waals surface area contributed by atoms with Crippen molar-refractivity contribution in [2.24, 2.45) is 0 Å². The number of rotatable bonds is 2. The zero-order valence-corrected chi connectivity index (χ0v) is 12.5. The van der Waals surface area contributed by atoms with Gasteiger partial charge in [0, 0.05) is 31.7 Å². The van der Waals surface area contributed by atoms with E-state index >= 15 is 0 Å². The molecule has 1 aromatic carbocycles. The van der Waals surface area contributed by atoms with Crippen molar-refractivity contribution >= 4 is 0 Å². The molecule has 0 aromatic heterocycles. The fourth-order valence-electron chi connectivity index (χ4n) is 2.25. The molecule has 1 aliphatic rings. The van der Waals surface area contributed by atoms with Crippen LogP contribution in [0.25, 0.3) is 0 Å². The van der Waals surface area contributed by atoms with Crippen LogP contribution in [0, 0.1) is 6.92 Å². The number of nitrogens with zero attached hydrogens (tertiary/aromatic N) is 1. The van der Waals surface area contributed by atoms with Crippen LogP contribution in [0.4, 0.5) is 0 Å². The van der Waals surface area contributed by atoms with E-state index < -0.39 is 0 Å². The van der Waals surface area contributed by atoms with E-state index in [4.69, 9.17) is 0 Å². The van der Waals surface area contributed by atoms with Gasteiger partial charge in [-0.15, -0.1) is 0 Å². The van der Waals surface area contributed by atoms with E-state index in [1.807, 2.05) is 13.8 Å². The summed E-state index contributed by atoms with van der Waals surface area (Å²) in [4.78, 5) is 2.56. The number of aryl methyl sites for hydroxylation is 1. The van der Waals surface area contributed by atoms with Gasteiger partial charge in [-0.25, -0.2) is 0 Å². The Morgan fingerprint density at radius 3 is 2.39 bits per heavy atom. The molecule has 1 saturated heterocycles. The highest BCUT2D eigenvalue weighted by atomic mass is 15.2. The van der Waals surface area contributed by atoms with E-state index in [1.165, 1.54) is 11.1 Å². The second kappa shape index (κ2) is 7.55. The van der Waals surface area contributed by atoms with E-state index in [0.29, 0.717) is 12.1 Å². The lowest BCUT2D eigenvalue weighted by Gasteiger charge is -2.37. The molecule has 2 heteroatoms. The van der Waals surface area contributed by atoms with Crippen LogP contribution in [-0.4, -0.2) is 30.1 Å². The number of hydrogen-bond acceptors (Lipinski definition) is 2. The largest absolute Gasteiger partial charge is 0.311 e. The first-order chi connectivity index (χ1) is 8.65. The molecule has 102 valence electrons. The van der Waals surface area contributed by atoms with Gasteiger partial charge in [0.25, 0.3) is 0 Å². The van der Waals surface area contributed by atoms with E-state index in [1.54, 1.807) is 0 Å². The molecular formula is C16H28N2. The minimum absolute atomic E-state index is 0.613. The highest BCUT2D eigenvalue weighted by molar-refractivity contribution is 5.21. The van der Waals surface area contributed by atoms with E-state index in [9.17, 15) is 0 Å². The molecule has 1 aromatic rings. The minimum Gasteiger partial charge on any atom is -0.311 e. The van der Waals surface area contributed by atoms with Crippen molar-refractivity contribution in [3.63, 3.8) is 0 Å². The molecule has 1 N–H and O–H groups in total. The summed E-state index contributed by atoms with van der Waals surface area (Å²) in [7, 11) is 0. The first kappa shape index (κ1) is 15.2. The topological polar surface area (TPSA) is 15.3 Å². The maximum atomic E-state index is 3.51. The van der Waals surface area contributed by atoms with E-state index in [-0.39, 0.29) is 0 Å². The van der Waals surface area contributed by atoms with Crippen molar-refractivity contribution in [3.8, 4) is 0 Å². The Kier molecular flexibility index (Phi) is 6.37. The molecule has 1 aliphatic heterocycles. The molecule has 0 bridgehead atoms. The number of piperazine rings is 1. The van der Waals surface area contributed by atoms with Gasteiger partial charge in [-0.3, -0.25) is 4.90 Å². The molecule has 2 unspecified atom stereocenters. The molecule has 0 spiro atoms. The first-order valence-corrected chi connectivity index (χ1v) is 7.18. The smallest absolute Gasteiger partial charge is 0.0237 e. The Balaban J connectivity index is 0.000000771. The van der Waals surface area contributed by atoms with Crippen LogP contribution in [0.1, 0.15) is 38.8 Å². The zero-order chi connectivity index (χ0) is 13.5. The zero-order valence-electron chi connectivity index (χ0n) is 12.5. The molecule has 0 amide bonds. The Hall–Kier alpha value is -0.860. The molecule has 0 aliphatic carbocycles. The predicted molar refractivity (Wildman–Crippen MR) is 79.9 cm³/mol. The third-order valence-corrected chi connectivity index (χ3v) is 3.40. The minimum atomic E-state index is 0.613. The summed E-state index contributed by atoms with van der Waals surface area (Å²) in [6, 6.07) is 10.1. The summed E-state index contributed by atoms with van der Waals surface area (Å²) in [5.41, 5.74) is 2.76. The van der Waals surface area contributed by atoms with Gasteiger partial charge in [-0.05, 0) is 26.3 Å². The van der Waals surface area contributed by atoms with Gasteiger partial charge in [-0.1, -0.05) is 43.7 Å². The Bertz CT molecular complexity index is 331. The first-order valence-electron chi connectivity index (χ1n) is 7.18. The molecular weight excluding hydrogens is 220 g/mol. The van der Waals surface area contributed by atoms with Crippen molar-refractivity contribution < 1.29 is 0 Å². The van der Waals surface area contributed by atoms with Gasteiger partial charge in [0.1, 0.15) is 0 Å². The SMILES string of the molecule is CC.Cc1ccc(CN2CC(C)NCC2C)cc1. The summed E-state index contributed by atoms with van der Waals surface area (Å²) >= 11 is 0. The van der Waals surface area contributed by atoms with Crippen LogP contribution in [-0.2, 0) is 6.54 Å². The van der Waals surface area contributed by atoms with Gasteiger partial charge < -0.3 is 5.32 Å². The predicted octanol–water partition coefficient (Wildman–Crippen LogP) is 3.20. The van der Waals surface area contributed by atoms with Gasteiger partial charge in [0.15, 0.2) is 0 Å². The highest BCUT2D eigenvalue weighted by Gasteiger charge is 2.21. The molecule has 2 atom stereocenters. The Labute approximate surface area is 112 Å². The standard InChI is InChI=1S/C14H22N2.C2H6/c1-11-4-6-14(7-5-11)10-16-9-12(2)15-8-13(16)3;1-2/h4-7,12-13,15H,8-10H2,1-3H3;1-2H3. The lowest BCUT2D eigenvalue weighted by Crippen LogP contribution is -2.53. The summed E-state index contributed by atoms with van der Waals surface area (Å²) in [5, 5.41) is 3.51. The van der Waals surface area contributed by atoms with E-state index in [0.717, 1.165) is 19.6 Å². The average Bonchev–Trinajstić information content (AvgIpc) is 2.39. The summed E-state index contributed by atoms with van der Waals surface area (Å²) in [6.45, 7) is 14.0. The molecule has 1 fully saturated rings. The third-order valence-electron chi connectivity index (χ3n) is 3.40. The number of hydrogen-bond donors (Lipinski definition) is 1. The maximum Gasteiger partial charge on any atom is 0.0237 e. The molecule has 0 saturated carbocycles. The Morgan fingerprint density at radius 2 is 1.78 bits per heavy atom. The fourth-order valence-corrected chi connectivity index (χ4v) is 2.25. The third kappa shape index (κ3) is 4.43. The lowest BCUT2D eigenvalue weighted by atomic mass is 10.1. The second-order valence-electron chi connectivity index (χ2n) is 5.07. The van der Waals surface area contributed by atoms with Crippen LogP contribution >= 0.6 is 0 Å². The molecule has 2 nitrogen and oxygen atoms in total. The molecule has 2 rings (SSSR count). The van der Waals surface area contributed by atoms with Gasteiger partial charge in [0.2, 0.25) is 0 Å². The van der Waals surface area contributed by atoms with Crippen LogP contribution in [0.2, 0.25) is 0 Å². The van der Waals surface area contributed by atoms with Crippen LogP contribution in [0.15, 0.2) is 24.3 Å². The normalized spacial score (nSPS) is 24.3. The maximum absolute atomic E-state index is 3.51. The Morgan fingerprint density at radius 1 is 1.17 bits per heavy atom. The van der Waals surface area contributed by atoms with Gasteiger partial charge >= 0.3 is 0 Å². The van der Waals surface area contributed by atoms with Crippen molar-refractivity contribution in [1.29, 1.82) is 0 Å². The summed E-state index contributed by atoms with van der Waals surface area (Å²) < 4.78 is 0. The quantitative estimate of drug-likeness (QED) is 0.864. The lowest BCUT2D eigenvalue weighted by molar-refractivity contribution is 0.139. The summed E-state index contributed by atoms with van der Waals surface area (Å²) in [5.74, 6) is 0. The van der Waals surface area contributed by atoms with Crippen LogP contribution in [0.3, 0.4) is 0 Å². The van der Waals surface area contributed by atoms with Crippen molar-refractivity contribution in [1.82, 2.24) is 10.2 Å². The molecule has 1 heterocycles. The van der Waals surface area contributed by atoms with E-state index in [2.05, 4.69) is 55.3 Å².